The summed E-state index contributed by atoms with van der Waals surface area (Å²) in [6, 6.07) is 11.1. The molecular weight excluding hydrogens is 232 g/mol. The Bertz CT molecular complexity index is 373. The predicted molar refractivity (Wildman–Crippen MR) is 79.4 cm³/mol. The molecule has 2 fully saturated rings. The molecule has 1 aromatic carbocycles. The molecule has 1 aromatic rings. The fourth-order valence-electron chi connectivity index (χ4n) is 3.54. The van der Waals surface area contributed by atoms with Crippen LogP contribution in [0, 0.1) is 0 Å². The van der Waals surface area contributed by atoms with Crippen molar-refractivity contribution < 1.29 is 4.74 Å². The summed E-state index contributed by atoms with van der Waals surface area (Å²) in [6.45, 7) is 0. The van der Waals surface area contributed by atoms with Crippen LogP contribution in [-0.2, 0) is 4.74 Å². The van der Waals surface area contributed by atoms with Crippen molar-refractivity contribution in [2.75, 3.05) is 0 Å². The smallest absolute Gasteiger partial charge is 0.0841 e. The van der Waals surface area contributed by atoms with Crippen LogP contribution in [0.4, 0.5) is 0 Å². The van der Waals surface area contributed by atoms with Gasteiger partial charge in [0.1, 0.15) is 0 Å². The highest BCUT2D eigenvalue weighted by Gasteiger charge is 2.37. The molecular formula is C18H26O. The van der Waals surface area contributed by atoms with Crippen molar-refractivity contribution in [2.24, 2.45) is 0 Å². The zero-order chi connectivity index (χ0) is 12.9. The average Bonchev–Trinajstić information content (AvgIpc) is 3.18. The van der Waals surface area contributed by atoms with E-state index in [1.165, 1.54) is 57.8 Å². The van der Waals surface area contributed by atoms with Crippen molar-refractivity contribution in [1.29, 1.82) is 0 Å². The van der Waals surface area contributed by atoms with Crippen molar-refractivity contribution >= 4 is 0 Å². The summed E-state index contributed by atoms with van der Waals surface area (Å²) in [5.41, 5.74) is 1.56. The molecule has 0 bridgehead atoms. The van der Waals surface area contributed by atoms with E-state index in [4.69, 9.17) is 4.74 Å². The number of epoxide rings is 1. The molecule has 0 N–H and O–H groups in total. The molecule has 1 aliphatic heterocycles. The zero-order valence-electron chi connectivity index (χ0n) is 11.9. The molecule has 2 aliphatic rings. The molecule has 1 heteroatoms. The van der Waals surface area contributed by atoms with Crippen molar-refractivity contribution in [3.05, 3.63) is 35.9 Å². The molecule has 1 heterocycles. The van der Waals surface area contributed by atoms with E-state index in [-0.39, 0.29) is 0 Å². The molecule has 3 rings (SSSR count). The van der Waals surface area contributed by atoms with Crippen LogP contribution in [0.2, 0.25) is 0 Å². The van der Waals surface area contributed by atoms with Crippen LogP contribution in [-0.4, -0.2) is 12.2 Å². The Balaban J connectivity index is 1.57. The molecule has 0 aromatic heterocycles. The maximum absolute atomic E-state index is 5.74. The summed E-state index contributed by atoms with van der Waals surface area (Å²) in [4.78, 5) is 0. The van der Waals surface area contributed by atoms with Gasteiger partial charge in [0.05, 0.1) is 12.2 Å². The van der Waals surface area contributed by atoms with Gasteiger partial charge in [-0.3, -0.25) is 0 Å². The van der Waals surface area contributed by atoms with E-state index < -0.39 is 0 Å². The lowest BCUT2D eigenvalue weighted by Crippen LogP contribution is -2.02. The standard InChI is InChI=1S/C18H26O/c1-3-9-15(10-4-1)16-11-5-2-6-13-17-18(19-17)14-8-7-12-16/h1,3-4,9-10,16-18H,2,5-8,11-14H2. The van der Waals surface area contributed by atoms with Gasteiger partial charge in [-0.25, -0.2) is 0 Å². The quantitative estimate of drug-likeness (QED) is 0.641. The molecule has 19 heavy (non-hydrogen) atoms. The maximum Gasteiger partial charge on any atom is 0.0841 e. The highest BCUT2D eigenvalue weighted by molar-refractivity contribution is 5.19. The average molecular weight is 258 g/mol. The van der Waals surface area contributed by atoms with E-state index >= 15 is 0 Å². The molecule has 1 saturated heterocycles. The topological polar surface area (TPSA) is 12.5 Å². The first-order valence-corrected chi connectivity index (χ1v) is 8.14. The molecule has 1 aliphatic carbocycles. The van der Waals surface area contributed by atoms with Crippen molar-refractivity contribution in [1.82, 2.24) is 0 Å². The lowest BCUT2D eigenvalue weighted by molar-refractivity contribution is 0.349. The second kappa shape index (κ2) is 6.56. The maximum atomic E-state index is 5.74. The fraction of sp³-hybridized carbons (Fsp3) is 0.667. The second-order valence-electron chi connectivity index (χ2n) is 6.24. The van der Waals surface area contributed by atoms with Crippen LogP contribution >= 0.6 is 0 Å². The van der Waals surface area contributed by atoms with Gasteiger partial charge < -0.3 is 4.74 Å². The Kier molecular flexibility index (Phi) is 4.55. The summed E-state index contributed by atoms with van der Waals surface area (Å²) >= 11 is 0. The minimum Gasteiger partial charge on any atom is -0.370 e. The summed E-state index contributed by atoms with van der Waals surface area (Å²) in [5, 5.41) is 0. The van der Waals surface area contributed by atoms with Crippen LogP contribution in [0.3, 0.4) is 0 Å². The summed E-state index contributed by atoms with van der Waals surface area (Å²) in [5.74, 6) is 0.788. The normalized spacial score (nSPS) is 32.7. The first kappa shape index (κ1) is 13.2. The fourth-order valence-corrected chi connectivity index (χ4v) is 3.54. The molecule has 0 amide bonds. The minimum absolute atomic E-state index is 0.620. The Hall–Kier alpha value is -0.820. The Morgan fingerprint density at radius 1 is 0.684 bits per heavy atom. The van der Waals surface area contributed by atoms with Gasteiger partial charge in [-0.05, 0) is 37.2 Å². The van der Waals surface area contributed by atoms with E-state index in [2.05, 4.69) is 30.3 Å². The lowest BCUT2D eigenvalue weighted by atomic mass is 9.87. The zero-order valence-corrected chi connectivity index (χ0v) is 11.9. The van der Waals surface area contributed by atoms with Crippen LogP contribution in [0.5, 0.6) is 0 Å². The van der Waals surface area contributed by atoms with E-state index in [1.807, 2.05) is 0 Å². The van der Waals surface area contributed by atoms with Gasteiger partial charge in [-0.1, -0.05) is 62.4 Å². The Morgan fingerprint density at radius 3 is 2.00 bits per heavy atom. The SMILES string of the molecule is c1ccc(C2CCCCCC3OC3CCCC2)cc1. The predicted octanol–water partition coefficient (Wildman–Crippen LogP) is 5.06. The molecule has 0 spiro atoms. The largest absolute Gasteiger partial charge is 0.370 e. The summed E-state index contributed by atoms with van der Waals surface area (Å²) in [7, 11) is 0. The van der Waals surface area contributed by atoms with Crippen LogP contribution < -0.4 is 0 Å². The third-order valence-corrected chi connectivity index (χ3v) is 4.79. The second-order valence-corrected chi connectivity index (χ2v) is 6.24. The molecule has 3 atom stereocenters. The third-order valence-electron chi connectivity index (χ3n) is 4.79. The summed E-state index contributed by atoms with van der Waals surface area (Å²) in [6.07, 6.45) is 13.4. The molecule has 1 saturated carbocycles. The molecule has 3 unspecified atom stereocenters. The minimum atomic E-state index is 0.620. The van der Waals surface area contributed by atoms with E-state index in [0.29, 0.717) is 12.2 Å². The molecule has 104 valence electrons. The van der Waals surface area contributed by atoms with Crippen molar-refractivity contribution in [2.45, 2.75) is 75.9 Å². The first-order chi connectivity index (χ1) is 9.43. The van der Waals surface area contributed by atoms with E-state index in [1.54, 1.807) is 5.56 Å². The van der Waals surface area contributed by atoms with Crippen molar-refractivity contribution in [3.8, 4) is 0 Å². The van der Waals surface area contributed by atoms with Gasteiger partial charge in [0.2, 0.25) is 0 Å². The number of hydrogen-bond donors (Lipinski definition) is 0. The first-order valence-electron chi connectivity index (χ1n) is 8.14. The van der Waals surface area contributed by atoms with Crippen LogP contribution in [0.25, 0.3) is 0 Å². The van der Waals surface area contributed by atoms with Gasteiger partial charge in [0, 0.05) is 0 Å². The van der Waals surface area contributed by atoms with Crippen LogP contribution in [0.1, 0.15) is 69.3 Å². The number of ether oxygens (including phenoxy) is 1. The highest BCUT2D eigenvalue weighted by Crippen LogP contribution is 2.34. The van der Waals surface area contributed by atoms with E-state index in [9.17, 15) is 0 Å². The number of hydrogen-bond acceptors (Lipinski definition) is 1. The van der Waals surface area contributed by atoms with Crippen LogP contribution in [0.15, 0.2) is 30.3 Å². The van der Waals surface area contributed by atoms with E-state index in [0.717, 1.165) is 5.92 Å². The number of rotatable bonds is 1. The van der Waals surface area contributed by atoms with Gasteiger partial charge in [-0.2, -0.15) is 0 Å². The number of benzene rings is 1. The number of fused-ring (bicyclic) bond motifs is 1. The van der Waals surface area contributed by atoms with Gasteiger partial charge in [0.15, 0.2) is 0 Å². The van der Waals surface area contributed by atoms with Crippen molar-refractivity contribution in [3.63, 3.8) is 0 Å². The Morgan fingerprint density at radius 2 is 1.26 bits per heavy atom. The van der Waals surface area contributed by atoms with Gasteiger partial charge in [0.25, 0.3) is 0 Å². The van der Waals surface area contributed by atoms with Gasteiger partial charge >= 0.3 is 0 Å². The summed E-state index contributed by atoms with van der Waals surface area (Å²) < 4.78 is 5.74. The molecule has 1 nitrogen and oxygen atoms in total. The van der Waals surface area contributed by atoms with Gasteiger partial charge in [-0.15, -0.1) is 0 Å². The lowest BCUT2D eigenvalue weighted by Gasteiger charge is -2.17. The Labute approximate surface area is 117 Å². The molecule has 0 radical (unpaired) electrons. The third kappa shape index (κ3) is 3.82. The monoisotopic (exact) mass is 258 g/mol. The highest BCUT2D eigenvalue weighted by atomic mass is 16.6.